The minimum atomic E-state index is 0.718. The number of hydrogen-bond donors (Lipinski definition) is 1. The molecule has 0 spiro atoms. The Morgan fingerprint density at radius 1 is 1.00 bits per heavy atom. The third kappa shape index (κ3) is 2.93. The molecule has 2 aromatic heterocycles. The third-order valence-electron chi connectivity index (χ3n) is 3.56. The van der Waals surface area contributed by atoms with Crippen LogP contribution in [0.5, 0.6) is 0 Å². The predicted molar refractivity (Wildman–Crippen MR) is 92.4 cm³/mol. The highest BCUT2D eigenvalue weighted by Crippen LogP contribution is 2.23. The molecule has 5 nitrogen and oxygen atoms in total. The van der Waals surface area contributed by atoms with E-state index in [1.54, 1.807) is 0 Å². The first kappa shape index (κ1) is 13.9. The molecule has 23 heavy (non-hydrogen) atoms. The van der Waals surface area contributed by atoms with Crippen molar-refractivity contribution in [1.82, 2.24) is 19.8 Å². The van der Waals surface area contributed by atoms with Gasteiger partial charge in [-0.15, -0.1) is 15.3 Å². The molecule has 0 bridgehead atoms. The lowest BCUT2D eigenvalue weighted by Gasteiger charge is -2.01. The smallest absolute Gasteiger partial charge is 0.236 e. The Labute approximate surface area is 137 Å². The summed E-state index contributed by atoms with van der Waals surface area (Å²) in [7, 11) is 0. The van der Waals surface area contributed by atoms with E-state index in [1.807, 2.05) is 34.8 Å². The molecule has 1 N–H and O–H groups in total. The maximum absolute atomic E-state index is 4.59. The summed E-state index contributed by atoms with van der Waals surface area (Å²) < 4.78 is 1.81. The van der Waals surface area contributed by atoms with Crippen LogP contribution in [0.15, 0.2) is 54.6 Å². The average Bonchev–Trinajstić information content (AvgIpc) is 3.12. The summed E-state index contributed by atoms with van der Waals surface area (Å²) in [4.78, 5) is 0.797. The lowest BCUT2D eigenvalue weighted by atomic mass is 10.1. The van der Waals surface area contributed by atoms with Gasteiger partial charge in [0.2, 0.25) is 10.1 Å². The van der Waals surface area contributed by atoms with Crippen LogP contribution in [0.4, 0.5) is 10.8 Å². The number of fused-ring (bicyclic) bond motifs is 1. The zero-order valence-electron chi connectivity index (χ0n) is 12.6. The number of aryl methyl sites for hydroxylation is 1. The van der Waals surface area contributed by atoms with Crippen LogP contribution in [0.25, 0.3) is 4.96 Å². The predicted octanol–water partition coefficient (Wildman–Crippen LogP) is 3.83. The number of nitrogens with one attached hydrogen (secondary N) is 1. The van der Waals surface area contributed by atoms with E-state index in [0.29, 0.717) is 0 Å². The molecule has 0 saturated carbocycles. The van der Waals surface area contributed by atoms with Gasteiger partial charge in [-0.1, -0.05) is 59.4 Å². The standard InChI is InChI=1S/C17H15N5S/c1-12-7-9-14(10-8-12)18-16-21-22-15(19-20-17(22)23-16)11-13-5-3-2-4-6-13/h2-10H,11H2,1H3,(H,18,21). The van der Waals surface area contributed by atoms with Crippen molar-refractivity contribution >= 4 is 27.1 Å². The second-order valence-electron chi connectivity index (χ2n) is 5.37. The van der Waals surface area contributed by atoms with Crippen molar-refractivity contribution in [1.29, 1.82) is 0 Å². The molecule has 4 aromatic rings. The quantitative estimate of drug-likeness (QED) is 0.621. The molecule has 114 valence electrons. The third-order valence-corrected chi connectivity index (χ3v) is 4.38. The minimum Gasteiger partial charge on any atom is -0.330 e. The van der Waals surface area contributed by atoms with Crippen molar-refractivity contribution < 1.29 is 0 Å². The van der Waals surface area contributed by atoms with Gasteiger partial charge in [0, 0.05) is 12.1 Å². The summed E-state index contributed by atoms with van der Waals surface area (Å²) in [5, 5.41) is 17.2. The highest BCUT2D eigenvalue weighted by molar-refractivity contribution is 7.20. The van der Waals surface area contributed by atoms with E-state index in [0.717, 1.165) is 28.0 Å². The van der Waals surface area contributed by atoms with Gasteiger partial charge >= 0.3 is 0 Å². The van der Waals surface area contributed by atoms with Gasteiger partial charge < -0.3 is 5.32 Å². The fourth-order valence-electron chi connectivity index (χ4n) is 2.36. The van der Waals surface area contributed by atoms with Crippen molar-refractivity contribution in [2.45, 2.75) is 13.3 Å². The summed E-state index contributed by atoms with van der Waals surface area (Å²) in [6.07, 6.45) is 0.718. The van der Waals surface area contributed by atoms with E-state index < -0.39 is 0 Å². The van der Waals surface area contributed by atoms with E-state index in [-0.39, 0.29) is 0 Å². The molecular formula is C17H15N5S. The Morgan fingerprint density at radius 2 is 1.78 bits per heavy atom. The summed E-state index contributed by atoms with van der Waals surface area (Å²) in [6, 6.07) is 18.5. The first-order valence-electron chi connectivity index (χ1n) is 7.37. The first-order valence-corrected chi connectivity index (χ1v) is 8.18. The maximum Gasteiger partial charge on any atom is 0.236 e. The molecule has 2 heterocycles. The number of benzene rings is 2. The fraction of sp³-hybridized carbons (Fsp3) is 0.118. The van der Waals surface area contributed by atoms with Crippen LogP contribution in [0.1, 0.15) is 17.0 Å². The molecule has 4 rings (SSSR count). The van der Waals surface area contributed by atoms with Gasteiger partial charge in [-0.2, -0.15) is 4.52 Å². The fourth-order valence-corrected chi connectivity index (χ4v) is 3.14. The molecule has 0 aliphatic heterocycles. The number of anilines is 2. The second kappa shape index (κ2) is 5.81. The second-order valence-corrected chi connectivity index (χ2v) is 6.33. The van der Waals surface area contributed by atoms with Gasteiger partial charge in [-0.05, 0) is 24.6 Å². The lowest BCUT2D eigenvalue weighted by Crippen LogP contribution is -1.98. The lowest BCUT2D eigenvalue weighted by molar-refractivity contribution is 0.854. The van der Waals surface area contributed by atoms with Crippen LogP contribution >= 0.6 is 11.3 Å². The first-order chi connectivity index (χ1) is 11.3. The number of rotatable bonds is 4. The van der Waals surface area contributed by atoms with Crippen LogP contribution in [0, 0.1) is 6.92 Å². The molecule has 0 aliphatic carbocycles. The zero-order valence-corrected chi connectivity index (χ0v) is 13.4. The van der Waals surface area contributed by atoms with E-state index in [1.165, 1.54) is 22.5 Å². The minimum absolute atomic E-state index is 0.718. The molecular weight excluding hydrogens is 306 g/mol. The molecule has 6 heteroatoms. The number of aromatic nitrogens is 4. The Balaban J connectivity index is 1.60. The van der Waals surface area contributed by atoms with Crippen molar-refractivity contribution in [3.8, 4) is 0 Å². The summed E-state index contributed by atoms with van der Waals surface area (Å²) in [6.45, 7) is 2.07. The van der Waals surface area contributed by atoms with Gasteiger partial charge in [0.15, 0.2) is 5.82 Å². The van der Waals surface area contributed by atoms with Crippen LogP contribution in [-0.2, 0) is 6.42 Å². The molecule has 0 saturated heterocycles. The highest BCUT2D eigenvalue weighted by atomic mass is 32.1. The van der Waals surface area contributed by atoms with E-state index in [2.05, 4.69) is 51.8 Å². The summed E-state index contributed by atoms with van der Waals surface area (Å²) in [5.41, 5.74) is 3.45. The Morgan fingerprint density at radius 3 is 2.57 bits per heavy atom. The number of hydrogen-bond acceptors (Lipinski definition) is 5. The van der Waals surface area contributed by atoms with E-state index >= 15 is 0 Å². The van der Waals surface area contributed by atoms with Crippen LogP contribution in [0.3, 0.4) is 0 Å². The monoisotopic (exact) mass is 321 g/mol. The van der Waals surface area contributed by atoms with Crippen LogP contribution in [0.2, 0.25) is 0 Å². The van der Waals surface area contributed by atoms with E-state index in [4.69, 9.17) is 0 Å². The normalized spacial score (nSPS) is 11.0. The SMILES string of the molecule is Cc1ccc(Nc2nn3c(Cc4ccccc4)nnc3s2)cc1. The van der Waals surface area contributed by atoms with Crippen molar-refractivity contribution in [3.63, 3.8) is 0 Å². The van der Waals surface area contributed by atoms with Crippen LogP contribution in [-0.4, -0.2) is 19.8 Å². The maximum atomic E-state index is 4.59. The van der Waals surface area contributed by atoms with Crippen molar-refractivity contribution in [2.75, 3.05) is 5.32 Å². The van der Waals surface area contributed by atoms with Gasteiger partial charge in [-0.3, -0.25) is 0 Å². The largest absolute Gasteiger partial charge is 0.330 e. The van der Waals surface area contributed by atoms with Gasteiger partial charge in [-0.25, -0.2) is 0 Å². The van der Waals surface area contributed by atoms with Crippen molar-refractivity contribution in [3.05, 3.63) is 71.5 Å². The number of nitrogens with zero attached hydrogens (tertiary/aromatic N) is 4. The Hall–Kier alpha value is -2.73. The summed E-state index contributed by atoms with van der Waals surface area (Å²) >= 11 is 1.49. The molecule has 0 atom stereocenters. The molecule has 0 fully saturated rings. The zero-order chi connectivity index (χ0) is 15.6. The topological polar surface area (TPSA) is 55.1 Å². The van der Waals surface area contributed by atoms with Gasteiger partial charge in [0.25, 0.3) is 0 Å². The van der Waals surface area contributed by atoms with Crippen molar-refractivity contribution in [2.24, 2.45) is 0 Å². The van der Waals surface area contributed by atoms with Gasteiger partial charge in [0.1, 0.15) is 0 Å². The molecule has 0 unspecified atom stereocenters. The van der Waals surface area contributed by atoms with Crippen LogP contribution < -0.4 is 5.32 Å². The Kier molecular flexibility index (Phi) is 3.51. The average molecular weight is 321 g/mol. The molecule has 0 aliphatic rings. The summed E-state index contributed by atoms with van der Waals surface area (Å²) in [5.74, 6) is 0.847. The molecule has 0 radical (unpaired) electrons. The molecule has 2 aromatic carbocycles. The van der Waals surface area contributed by atoms with Gasteiger partial charge in [0.05, 0.1) is 0 Å². The molecule has 0 amide bonds. The van der Waals surface area contributed by atoms with E-state index in [9.17, 15) is 0 Å². The highest BCUT2D eigenvalue weighted by Gasteiger charge is 2.12. The Bertz CT molecular complexity index is 925.